The molecular weight excluding hydrogens is 156 g/mol. The molecule has 4 nitrogen and oxygen atoms in total. The molecule has 1 atom stereocenters. The summed E-state index contributed by atoms with van der Waals surface area (Å²) in [4.78, 5) is 23.9. The SMILES string of the molecule is CCN1C(=O)NCCC(C)C1=O. The molecule has 1 saturated heterocycles. The molecule has 1 unspecified atom stereocenters. The standard InChI is InChI=1S/C8H14N2O2/c1-3-10-7(11)6(2)4-5-9-8(10)12/h6H,3-5H2,1-2H3,(H,9,12). The number of urea groups is 1. The predicted molar refractivity (Wildman–Crippen MR) is 44.6 cm³/mol. The van der Waals surface area contributed by atoms with E-state index in [9.17, 15) is 9.59 Å². The highest BCUT2D eigenvalue weighted by atomic mass is 16.2. The molecule has 0 radical (unpaired) electrons. The summed E-state index contributed by atoms with van der Waals surface area (Å²) in [5.74, 6) is -0.101. The maximum Gasteiger partial charge on any atom is 0.324 e. The van der Waals surface area contributed by atoms with Gasteiger partial charge in [-0.25, -0.2) is 4.79 Å². The second-order valence-corrected chi connectivity index (χ2v) is 3.00. The molecule has 1 N–H and O–H groups in total. The normalized spacial score (nSPS) is 25.2. The fourth-order valence-corrected chi connectivity index (χ4v) is 1.28. The van der Waals surface area contributed by atoms with Gasteiger partial charge in [0.2, 0.25) is 5.91 Å². The Bertz CT molecular complexity index is 203. The molecule has 1 aliphatic rings. The zero-order valence-electron chi connectivity index (χ0n) is 7.46. The molecule has 4 heteroatoms. The Labute approximate surface area is 71.9 Å². The van der Waals surface area contributed by atoms with E-state index in [4.69, 9.17) is 0 Å². The van der Waals surface area contributed by atoms with Gasteiger partial charge in [-0.05, 0) is 13.3 Å². The van der Waals surface area contributed by atoms with Crippen LogP contribution in [0.1, 0.15) is 20.3 Å². The van der Waals surface area contributed by atoms with Crippen molar-refractivity contribution in [2.24, 2.45) is 5.92 Å². The summed E-state index contributed by atoms with van der Waals surface area (Å²) < 4.78 is 0. The maximum atomic E-state index is 11.5. The van der Waals surface area contributed by atoms with Crippen LogP contribution in [0.5, 0.6) is 0 Å². The summed E-state index contributed by atoms with van der Waals surface area (Å²) in [6.07, 6.45) is 0.737. The average Bonchev–Trinajstić information content (AvgIpc) is 2.14. The number of nitrogens with one attached hydrogen (secondary N) is 1. The lowest BCUT2D eigenvalue weighted by Gasteiger charge is -2.17. The number of hydrogen-bond donors (Lipinski definition) is 1. The number of amides is 3. The van der Waals surface area contributed by atoms with E-state index < -0.39 is 0 Å². The first kappa shape index (κ1) is 9.03. The summed E-state index contributed by atoms with van der Waals surface area (Å²) in [5.41, 5.74) is 0. The highest BCUT2D eigenvalue weighted by molar-refractivity contribution is 5.96. The van der Waals surface area contributed by atoms with E-state index in [1.54, 1.807) is 6.92 Å². The topological polar surface area (TPSA) is 49.4 Å². The van der Waals surface area contributed by atoms with Gasteiger partial charge in [0.05, 0.1) is 0 Å². The highest BCUT2D eigenvalue weighted by Gasteiger charge is 2.27. The van der Waals surface area contributed by atoms with Crippen molar-refractivity contribution < 1.29 is 9.59 Å². The van der Waals surface area contributed by atoms with Crippen molar-refractivity contribution in [3.63, 3.8) is 0 Å². The fourth-order valence-electron chi connectivity index (χ4n) is 1.28. The zero-order valence-corrected chi connectivity index (χ0v) is 7.46. The van der Waals surface area contributed by atoms with E-state index >= 15 is 0 Å². The van der Waals surface area contributed by atoms with Crippen LogP contribution in [0.15, 0.2) is 0 Å². The van der Waals surface area contributed by atoms with Crippen LogP contribution in [0.2, 0.25) is 0 Å². The number of nitrogens with zero attached hydrogens (tertiary/aromatic N) is 1. The number of hydrogen-bond acceptors (Lipinski definition) is 2. The molecule has 0 aromatic carbocycles. The van der Waals surface area contributed by atoms with Gasteiger partial charge in [0.25, 0.3) is 0 Å². The van der Waals surface area contributed by atoms with Crippen LogP contribution in [0.3, 0.4) is 0 Å². The van der Waals surface area contributed by atoms with Crippen molar-refractivity contribution in [2.45, 2.75) is 20.3 Å². The van der Waals surface area contributed by atoms with Crippen LogP contribution in [0.4, 0.5) is 4.79 Å². The molecule has 0 aromatic rings. The molecule has 1 rings (SSSR count). The summed E-state index contributed by atoms with van der Waals surface area (Å²) in [6.45, 7) is 4.71. The largest absolute Gasteiger partial charge is 0.338 e. The molecule has 0 spiro atoms. The Morgan fingerprint density at radius 3 is 2.83 bits per heavy atom. The third kappa shape index (κ3) is 1.57. The van der Waals surface area contributed by atoms with Crippen molar-refractivity contribution in [3.05, 3.63) is 0 Å². The number of carbonyl (C=O) groups is 2. The van der Waals surface area contributed by atoms with Crippen molar-refractivity contribution in [2.75, 3.05) is 13.1 Å². The van der Waals surface area contributed by atoms with E-state index in [-0.39, 0.29) is 17.9 Å². The average molecular weight is 170 g/mol. The Kier molecular flexibility index (Phi) is 2.68. The van der Waals surface area contributed by atoms with Crippen LogP contribution in [-0.2, 0) is 4.79 Å². The van der Waals surface area contributed by atoms with Crippen LogP contribution < -0.4 is 5.32 Å². The van der Waals surface area contributed by atoms with Crippen LogP contribution in [0, 0.1) is 5.92 Å². The number of rotatable bonds is 1. The van der Waals surface area contributed by atoms with E-state index in [1.807, 2.05) is 6.92 Å². The maximum absolute atomic E-state index is 11.5. The Hall–Kier alpha value is -1.06. The van der Waals surface area contributed by atoms with Crippen molar-refractivity contribution in [1.82, 2.24) is 10.2 Å². The molecule has 0 saturated carbocycles. The summed E-state index contributed by atoms with van der Waals surface area (Å²) in [7, 11) is 0. The van der Waals surface area contributed by atoms with Gasteiger partial charge >= 0.3 is 6.03 Å². The molecule has 0 aromatic heterocycles. The van der Waals surface area contributed by atoms with Gasteiger partial charge in [-0.3, -0.25) is 9.69 Å². The number of carbonyl (C=O) groups excluding carboxylic acids is 2. The number of imide groups is 1. The van der Waals surface area contributed by atoms with Gasteiger partial charge in [-0.15, -0.1) is 0 Å². The second-order valence-electron chi connectivity index (χ2n) is 3.00. The van der Waals surface area contributed by atoms with E-state index in [0.29, 0.717) is 13.1 Å². The van der Waals surface area contributed by atoms with E-state index in [0.717, 1.165) is 6.42 Å². The lowest BCUT2D eigenvalue weighted by molar-refractivity contribution is -0.131. The van der Waals surface area contributed by atoms with Crippen LogP contribution >= 0.6 is 0 Å². The first-order valence-corrected chi connectivity index (χ1v) is 4.26. The third-order valence-electron chi connectivity index (χ3n) is 2.10. The molecule has 12 heavy (non-hydrogen) atoms. The fraction of sp³-hybridized carbons (Fsp3) is 0.750. The molecule has 68 valence electrons. The lowest BCUT2D eigenvalue weighted by atomic mass is 10.1. The summed E-state index contributed by atoms with van der Waals surface area (Å²) >= 11 is 0. The quantitative estimate of drug-likeness (QED) is 0.626. The van der Waals surface area contributed by atoms with Crippen molar-refractivity contribution in [1.29, 1.82) is 0 Å². The van der Waals surface area contributed by atoms with Crippen molar-refractivity contribution >= 4 is 11.9 Å². The van der Waals surface area contributed by atoms with E-state index in [1.165, 1.54) is 4.90 Å². The Balaban J connectivity index is 2.76. The Morgan fingerprint density at radius 2 is 2.25 bits per heavy atom. The zero-order chi connectivity index (χ0) is 9.14. The Morgan fingerprint density at radius 1 is 1.58 bits per heavy atom. The van der Waals surface area contributed by atoms with Crippen LogP contribution in [0.25, 0.3) is 0 Å². The summed E-state index contributed by atoms with van der Waals surface area (Å²) in [5, 5.41) is 2.67. The van der Waals surface area contributed by atoms with Gasteiger partial charge in [0.15, 0.2) is 0 Å². The van der Waals surface area contributed by atoms with Crippen LogP contribution in [-0.4, -0.2) is 29.9 Å². The van der Waals surface area contributed by atoms with Gasteiger partial charge in [0, 0.05) is 19.0 Å². The van der Waals surface area contributed by atoms with Gasteiger partial charge < -0.3 is 5.32 Å². The molecule has 1 fully saturated rings. The smallest absolute Gasteiger partial charge is 0.324 e. The molecule has 3 amide bonds. The molecule has 0 bridgehead atoms. The predicted octanol–water partition coefficient (Wildman–Crippen LogP) is 0.584. The monoisotopic (exact) mass is 170 g/mol. The molecule has 1 heterocycles. The third-order valence-corrected chi connectivity index (χ3v) is 2.10. The van der Waals surface area contributed by atoms with E-state index in [2.05, 4.69) is 5.32 Å². The molecule has 1 aliphatic heterocycles. The second kappa shape index (κ2) is 3.56. The minimum Gasteiger partial charge on any atom is -0.338 e. The molecular formula is C8H14N2O2. The lowest BCUT2D eigenvalue weighted by Crippen LogP contribution is -2.42. The van der Waals surface area contributed by atoms with Crippen molar-refractivity contribution in [3.8, 4) is 0 Å². The van der Waals surface area contributed by atoms with Gasteiger partial charge in [-0.1, -0.05) is 6.92 Å². The first-order chi connectivity index (χ1) is 5.66. The first-order valence-electron chi connectivity index (χ1n) is 4.26. The molecule has 0 aliphatic carbocycles. The van der Waals surface area contributed by atoms with Gasteiger partial charge in [0.1, 0.15) is 0 Å². The summed E-state index contributed by atoms with van der Waals surface area (Å²) in [6, 6.07) is -0.258. The van der Waals surface area contributed by atoms with Gasteiger partial charge in [-0.2, -0.15) is 0 Å². The highest BCUT2D eigenvalue weighted by Crippen LogP contribution is 2.09. The minimum absolute atomic E-state index is 0.0381. The minimum atomic E-state index is -0.258.